The topological polar surface area (TPSA) is 9.23 Å². The Balaban J connectivity index is 1.91. The molecule has 0 N–H and O–H groups in total. The molecule has 21 heavy (non-hydrogen) atoms. The van der Waals surface area contributed by atoms with Crippen molar-refractivity contribution >= 4 is 31.9 Å². The largest absolute Gasteiger partial charge is 0.493 e. The minimum atomic E-state index is -0.561. The Bertz CT molecular complexity index is 688. The predicted octanol–water partition coefficient (Wildman–Crippen LogP) is 5.34. The summed E-state index contributed by atoms with van der Waals surface area (Å²) in [6.07, 6.45) is 1.31. The van der Waals surface area contributed by atoms with E-state index >= 15 is 0 Å². The molecule has 0 aromatic heterocycles. The van der Waals surface area contributed by atoms with Gasteiger partial charge < -0.3 is 4.74 Å². The van der Waals surface area contributed by atoms with Crippen LogP contribution in [0.1, 0.15) is 21.5 Å². The van der Waals surface area contributed by atoms with Gasteiger partial charge >= 0.3 is 0 Å². The Labute approximate surface area is 138 Å². The molecule has 2 aromatic carbocycles. The highest BCUT2D eigenvalue weighted by Crippen LogP contribution is 2.41. The molecule has 3 rings (SSSR count). The van der Waals surface area contributed by atoms with E-state index in [9.17, 15) is 8.78 Å². The van der Waals surface area contributed by atoms with E-state index in [1.807, 2.05) is 12.1 Å². The van der Waals surface area contributed by atoms with Crippen LogP contribution in [0.3, 0.4) is 0 Å². The van der Waals surface area contributed by atoms with Crippen molar-refractivity contribution in [3.05, 3.63) is 63.1 Å². The zero-order valence-corrected chi connectivity index (χ0v) is 14.2. The molecule has 0 bridgehead atoms. The van der Waals surface area contributed by atoms with Crippen LogP contribution in [0.5, 0.6) is 5.75 Å². The molecule has 1 aliphatic rings. The first-order valence-corrected chi connectivity index (χ1v) is 8.28. The fourth-order valence-electron chi connectivity index (χ4n) is 2.52. The number of hydrogen-bond donors (Lipinski definition) is 0. The minimum Gasteiger partial charge on any atom is -0.493 e. The van der Waals surface area contributed by atoms with Gasteiger partial charge in [-0.2, -0.15) is 0 Å². The van der Waals surface area contributed by atoms with Gasteiger partial charge in [-0.15, -0.1) is 0 Å². The number of halogens is 4. The van der Waals surface area contributed by atoms with E-state index in [2.05, 4.69) is 31.9 Å². The maximum Gasteiger partial charge on any atom is 0.129 e. The third kappa shape index (κ3) is 3.14. The first-order valence-electron chi connectivity index (χ1n) is 6.57. The maximum absolute atomic E-state index is 13.8. The van der Waals surface area contributed by atoms with Crippen molar-refractivity contribution in [2.24, 2.45) is 0 Å². The van der Waals surface area contributed by atoms with Gasteiger partial charge in [-0.3, -0.25) is 0 Å². The second kappa shape index (κ2) is 6.05. The third-order valence-electron chi connectivity index (χ3n) is 3.53. The minimum absolute atomic E-state index is 0.0955. The van der Waals surface area contributed by atoms with Gasteiger partial charge in [0.1, 0.15) is 17.4 Å². The van der Waals surface area contributed by atoms with Crippen molar-refractivity contribution in [3.63, 3.8) is 0 Å². The molecule has 5 heteroatoms. The van der Waals surface area contributed by atoms with E-state index < -0.39 is 11.6 Å². The van der Waals surface area contributed by atoms with Gasteiger partial charge in [0, 0.05) is 27.4 Å². The summed E-state index contributed by atoms with van der Waals surface area (Å²) in [5.41, 5.74) is 2.62. The molecule has 1 atom stereocenters. The van der Waals surface area contributed by atoms with Gasteiger partial charge in [-0.05, 0) is 35.7 Å². The fourth-order valence-corrected chi connectivity index (χ4v) is 3.73. The van der Waals surface area contributed by atoms with Crippen molar-refractivity contribution < 1.29 is 13.5 Å². The van der Waals surface area contributed by atoms with Gasteiger partial charge in [0.15, 0.2) is 0 Å². The van der Waals surface area contributed by atoms with Crippen LogP contribution in [0.2, 0.25) is 0 Å². The highest BCUT2D eigenvalue weighted by molar-refractivity contribution is 9.10. The Morgan fingerprint density at radius 3 is 2.76 bits per heavy atom. The van der Waals surface area contributed by atoms with Crippen molar-refractivity contribution in [3.8, 4) is 5.75 Å². The van der Waals surface area contributed by atoms with E-state index in [0.717, 1.165) is 33.8 Å². The van der Waals surface area contributed by atoms with Crippen LogP contribution in [0, 0.1) is 11.6 Å². The lowest BCUT2D eigenvalue weighted by Crippen LogP contribution is -2.01. The van der Waals surface area contributed by atoms with E-state index in [1.54, 1.807) is 0 Å². The molecule has 0 amide bonds. The van der Waals surface area contributed by atoms with Gasteiger partial charge in [-0.1, -0.05) is 37.9 Å². The lowest BCUT2D eigenvalue weighted by Gasteiger charge is -2.15. The lowest BCUT2D eigenvalue weighted by molar-refractivity contribution is 0.353. The van der Waals surface area contributed by atoms with Crippen LogP contribution in [0.15, 0.2) is 34.8 Å². The van der Waals surface area contributed by atoms with Crippen LogP contribution in [-0.2, 0) is 12.8 Å². The van der Waals surface area contributed by atoms with Gasteiger partial charge in [0.05, 0.1) is 6.61 Å². The van der Waals surface area contributed by atoms with E-state index in [1.165, 1.54) is 12.1 Å². The monoisotopic (exact) mass is 416 g/mol. The van der Waals surface area contributed by atoms with Crippen LogP contribution < -0.4 is 4.74 Å². The molecule has 2 aromatic rings. The zero-order valence-electron chi connectivity index (χ0n) is 11.0. The molecule has 0 spiro atoms. The summed E-state index contributed by atoms with van der Waals surface area (Å²) in [6, 6.07) is 7.70. The predicted molar refractivity (Wildman–Crippen MR) is 85.1 cm³/mol. The zero-order chi connectivity index (χ0) is 15.0. The Hall–Kier alpha value is -0.940. The number of hydrogen-bond acceptors (Lipinski definition) is 1. The number of alkyl halides is 1. The highest BCUT2D eigenvalue weighted by Gasteiger charge is 2.22. The van der Waals surface area contributed by atoms with Gasteiger partial charge in [-0.25, -0.2) is 8.78 Å². The first-order chi connectivity index (χ1) is 10.0. The van der Waals surface area contributed by atoms with E-state index in [-0.39, 0.29) is 4.83 Å². The molecule has 110 valence electrons. The molecule has 0 aliphatic carbocycles. The number of fused-ring (bicyclic) bond motifs is 1. The quantitative estimate of drug-likeness (QED) is 0.612. The van der Waals surface area contributed by atoms with Crippen LogP contribution in [0.4, 0.5) is 8.78 Å². The number of benzene rings is 2. The van der Waals surface area contributed by atoms with Crippen LogP contribution in [-0.4, -0.2) is 6.61 Å². The summed E-state index contributed by atoms with van der Waals surface area (Å²) < 4.78 is 33.4. The summed E-state index contributed by atoms with van der Waals surface area (Å²) >= 11 is 7.10. The second-order valence-corrected chi connectivity index (χ2v) is 7.01. The van der Waals surface area contributed by atoms with Crippen molar-refractivity contribution in [1.82, 2.24) is 0 Å². The summed E-state index contributed by atoms with van der Waals surface area (Å²) in [6.45, 7) is 0.670. The van der Waals surface area contributed by atoms with Crippen molar-refractivity contribution in [1.29, 1.82) is 0 Å². The summed E-state index contributed by atoms with van der Waals surface area (Å²) in [5.74, 6) is -0.205. The summed E-state index contributed by atoms with van der Waals surface area (Å²) in [4.78, 5) is -0.0955. The molecule has 0 saturated heterocycles. The number of ether oxygens (including phenoxy) is 1. The molecule has 1 heterocycles. The second-order valence-electron chi connectivity index (χ2n) is 4.99. The van der Waals surface area contributed by atoms with Crippen LogP contribution >= 0.6 is 31.9 Å². The molecule has 1 aliphatic heterocycles. The summed E-state index contributed by atoms with van der Waals surface area (Å²) in [7, 11) is 0. The molecule has 1 nitrogen and oxygen atoms in total. The first kappa shape index (κ1) is 15.0. The molecule has 0 saturated carbocycles. The van der Waals surface area contributed by atoms with E-state index in [4.69, 9.17) is 4.74 Å². The Morgan fingerprint density at radius 1 is 1.19 bits per heavy atom. The van der Waals surface area contributed by atoms with Crippen LogP contribution in [0.25, 0.3) is 0 Å². The highest BCUT2D eigenvalue weighted by atomic mass is 79.9. The Kier molecular flexibility index (Phi) is 4.31. The van der Waals surface area contributed by atoms with Crippen molar-refractivity contribution in [2.45, 2.75) is 17.7 Å². The molecule has 0 radical (unpaired) electrons. The molecule has 1 unspecified atom stereocenters. The normalized spacial score (nSPS) is 14.7. The summed E-state index contributed by atoms with van der Waals surface area (Å²) in [5, 5.41) is 0. The third-order valence-corrected chi connectivity index (χ3v) is 4.80. The number of rotatable bonds is 3. The maximum atomic E-state index is 13.8. The standard InChI is InChI=1S/C16H12Br2F2O/c17-11-5-10-3-4-21-16(10)13(7-11)14(18)6-9-1-2-12(19)8-15(9)20/h1-2,5,7-8,14H,3-4,6H2. The molecular formula is C16H12Br2F2O. The van der Waals surface area contributed by atoms with Gasteiger partial charge in [0.2, 0.25) is 0 Å². The Morgan fingerprint density at radius 2 is 2.00 bits per heavy atom. The average Bonchev–Trinajstić information content (AvgIpc) is 2.88. The SMILES string of the molecule is Fc1ccc(CC(Br)c2cc(Br)cc3c2OCC3)c(F)c1. The van der Waals surface area contributed by atoms with E-state index in [0.29, 0.717) is 18.6 Å². The van der Waals surface area contributed by atoms with Gasteiger partial charge in [0.25, 0.3) is 0 Å². The smallest absolute Gasteiger partial charge is 0.129 e. The average molecular weight is 418 g/mol. The molecular weight excluding hydrogens is 406 g/mol. The lowest BCUT2D eigenvalue weighted by atomic mass is 10.0. The molecule has 0 fully saturated rings. The fraction of sp³-hybridized carbons (Fsp3) is 0.250. The van der Waals surface area contributed by atoms with Crippen molar-refractivity contribution in [2.75, 3.05) is 6.61 Å².